The van der Waals surface area contributed by atoms with E-state index >= 15 is 0 Å². The number of ketones is 1. The van der Waals surface area contributed by atoms with Crippen molar-refractivity contribution in [2.24, 2.45) is 0 Å². The molecule has 3 heterocycles. The first-order chi connectivity index (χ1) is 20.2. The summed E-state index contributed by atoms with van der Waals surface area (Å²) in [6, 6.07) is 20.6. The number of aliphatic hydroxyl groups is 1. The highest BCUT2D eigenvalue weighted by Gasteiger charge is 2.48. The fourth-order valence-corrected chi connectivity index (χ4v) is 7.14. The molecule has 0 aliphatic carbocycles. The van der Waals surface area contributed by atoms with Crippen LogP contribution < -0.4 is 9.64 Å². The smallest absolute Gasteiger partial charge is 0.301 e. The molecular weight excluding hydrogens is 567 g/mol. The number of fused-ring (bicyclic) bond motifs is 1. The lowest BCUT2D eigenvalue weighted by molar-refractivity contribution is -0.132. The largest absolute Gasteiger partial charge is 0.507 e. The molecule has 1 N–H and O–H groups in total. The van der Waals surface area contributed by atoms with Gasteiger partial charge in [0.05, 0.1) is 11.6 Å². The number of thioether (sulfide) groups is 1. The number of carbonyl (C=O) groups is 2. The molecule has 0 radical (unpaired) electrons. The number of carbonyl (C=O) groups excluding carboxylic acids is 2. The average molecular weight is 598 g/mol. The Balaban J connectivity index is 1.39. The summed E-state index contributed by atoms with van der Waals surface area (Å²) in [5, 5.41) is 20.6. The second-order valence-corrected chi connectivity index (χ2v) is 13.2. The number of benzene rings is 3. The summed E-state index contributed by atoms with van der Waals surface area (Å²) in [4.78, 5) is 28.6. The molecule has 1 amide bonds. The summed E-state index contributed by atoms with van der Waals surface area (Å²) in [7, 11) is 0. The molecule has 0 bridgehead atoms. The summed E-state index contributed by atoms with van der Waals surface area (Å²) >= 11 is 2.79. The zero-order chi connectivity index (χ0) is 29.5. The Hall–Kier alpha value is -3.95. The average Bonchev–Trinajstić information content (AvgIpc) is 3.67. The Morgan fingerprint density at radius 3 is 2.52 bits per heavy atom. The quantitative estimate of drug-likeness (QED) is 0.0791. The number of amides is 1. The highest BCUT2D eigenvalue weighted by Crippen LogP contribution is 2.45. The van der Waals surface area contributed by atoms with Crippen LogP contribution in [0.4, 0.5) is 5.13 Å². The highest BCUT2D eigenvalue weighted by molar-refractivity contribution is 8.00. The molecule has 0 spiro atoms. The van der Waals surface area contributed by atoms with Gasteiger partial charge in [-0.15, -0.1) is 10.2 Å². The number of Topliss-reactive ketones (excluding diaryl/α,β-unsaturated/α-hetero) is 1. The van der Waals surface area contributed by atoms with Gasteiger partial charge in [-0.1, -0.05) is 91.0 Å². The van der Waals surface area contributed by atoms with Crippen LogP contribution in [-0.2, 0) is 21.8 Å². The number of nitrogens with zero attached hydrogens (tertiary/aromatic N) is 3. The Kier molecular flexibility index (Phi) is 7.64. The number of anilines is 1. The monoisotopic (exact) mass is 597 g/mol. The van der Waals surface area contributed by atoms with Crippen LogP contribution in [0.15, 0.2) is 76.6 Å². The summed E-state index contributed by atoms with van der Waals surface area (Å²) < 4.78 is 6.50. The van der Waals surface area contributed by atoms with Gasteiger partial charge >= 0.3 is 5.91 Å². The first-order valence-corrected chi connectivity index (χ1v) is 15.7. The minimum atomic E-state index is -0.850. The van der Waals surface area contributed by atoms with E-state index in [1.165, 1.54) is 33.6 Å². The summed E-state index contributed by atoms with van der Waals surface area (Å²) in [5.41, 5.74) is 5.66. The van der Waals surface area contributed by atoms with E-state index in [1.54, 1.807) is 12.1 Å². The van der Waals surface area contributed by atoms with Gasteiger partial charge in [0, 0.05) is 17.7 Å². The van der Waals surface area contributed by atoms with Gasteiger partial charge < -0.3 is 9.84 Å². The summed E-state index contributed by atoms with van der Waals surface area (Å²) in [6.07, 6.45) is 0.747. The first-order valence-electron chi connectivity index (χ1n) is 13.9. The lowest BCUT2D eigenvalue weighted by atomic mass is 9.93. The predicted molar refractivity (Wildman–Crippen MR) is 166 cm³/mol. The minimum absolute atomic E-state index is 0.0354. The molecule has 3 aromatic carbocycles. The standard InChI is InChI=1S/C33H31N3O4S2/c1-18(2)22-9-11-23(12-10-22)28-27(29(37)24-13-14-26-25(16-24)15-20(4)40-26)30(38)31(39)36(28)32-34-35-33(42-32)41-17-21-7-5-19(3)6-8-21/h5-14,16,18,20,28,37H,15,17H2,1-4H3/b29-27+/t20-,28+/m1/s1. The third-order valence-electron chi connectivity index (χ3n) is 7.62. The van der Waals surface area contributed by atoms with Crippen molar-refractivity contribution in [3.63, 3.8) is 0 Å². The topological polar surface area (TPSA) is 92.6 Å². The van der Waals surface area contributed by atoms with Crippen LogP contribution in [0.1, 0.15) is 66.1 Å². The molecule has 0 unspecified atom stereocenters. The number of hydrogen-bond acceptors (Lipinski definition) is 8. The highest BCUT2D eigenvalue weighted by atomic mass is 32.2. The maximum atomic E-state index is 13.6. The van der Waals surface area contributed by atoms with Crippen LogP contribution in [0, 0.1) is 6.92 Å². The van der Waals surface area contributed by atoms with Crippen molar-refractivity contribution in [3.05, 3.63) is 106 Å². The number of aryl methyl sites for hydroxylation is 1. The van der Waals surface area contributed by atoms with Gasteiger partial charge in [-0.3, -0.25) is 14.5 Å². The van der Waals surface area contributed by atoms with Crippen molar-refractivity contribution in [2.75, 3.05) is 4.90 Å². The molecule has 0 saturated carbocycles. The van der Waals surface area contributed by atoms with E-state index in [-0.39, 0.29) is 17.4 Å². The molecule has 6 rings (SSSR count). The second-order valence-electron chi connectivity index (χ2n) is 11.1. The van der Waals surface area contributed by atoms with Crippen LogP contribution >= 0.6 is 23.1 Å². The SMILES string of the molecule is Cc1ccc(CSc2nnc(N3C(=O)C(=O)/C(=C(/O)c4ccc5c(c4)C[C@@H](C)O5)[C@@H]3c3ccc(C(C)C)cc3)s2)cc1. The van der Waals surface area contributed by atoms with Crippen molar-refractivity contribution in [2.45, 2.75) is 62.3 Å². The molecule has 1 aromatic heterocycles. The number of rotatable bonds is 7. The Bertz CT molecular complexity index is 1690. The maximum Gasteiger partial charge on any atom is 0.301 e. The molecule has 2 aliphatic rings. The lowest BCUT2D eigenvalue weighted by Crippen LogP contribution is -2.29. The van der Waals surface area contributed by atoms with Crippen LogP contribution in [0.3, 0.4) is 0 Å². The van der Waals surface area contributed by atoms with E-state index < -0.39 is 17.7 Å². The maximum absolute atomic E-state index is 13.6. The van der Waals surface area contributed by atoms with E-state index in [0.717, 1.165) is 22.4 Å². The van der Waals surface area contributed by atoms with Crippen molar-refractivity contribution in [1.29, 1.82) is 0 Å². The molecule has 1 saturated heterocycles. The summed E-state index contributed by atoms with van der Waals surface area (Å²) in [5.74, 6) is 0.0877. The Morgan fingerprint density at radius 1 is 1.07 bits per heavy atom. The zero-order valence-corrected chi connectivity index (χ0v) is 25.5. The van der Waals surface area contributed by atoms with Gasteiger partial charge in [0.1, 0.15) is 17.6 Å². The number of ether oxygens (including phenoxy) is 1. The molecule has 7 nitrogen and oxygen atoms in total. The van der Waals surface area contributed by atoms with E-state index in [1.807, 2.05) is 37.3 Å². The van der Waals surface area contributed by atoms with E-state index in [2.05, 4.69) is 55.2 Å². The van der Waals surface area contributed by atoms with Crippen LogP contribution in [0.5, 0.6) is 5.75 Å². The molecule has 9 heteroatoms. The fraction of sp³-hybridized carbons (Fsp3) is 0.273. The van der Waals surface area contributed by atoms with Gasteiger partial charge in [-0.2, -0.15) is 0 Å². The third-order valence-corrected chi connectivity index (χ3v) is 9.74. The van der Waals surface area contributed by atoms with Gasteiger partial charge in [-0.05, 0) is 60.2 Å². The van der Waals surface area contributed by atoms with Crippen molar-refractivity contribution >= 4 is 45.7 Å². The number of aliphatic hydroxyl groups excluding tert-OH is 1. The lowest BCUT2D eigenvalue weighted by Gasteiger charge is -2.23. The van der Waals surface area contributed by atoms with Crippen LogP contribution in [0.25, 0.3) is 5.76 Å². The molecule has 1 fully saturated rings. The van der Waals surface area contributed by atoms with Gasteiger partial charge in [-0.25, -0.2) is 0 Å². The van der Waals surface area contributed by atoms with Crippen molar-refractivity contribution in [1.82, 2.24) is 10.2 Å². The minimum Gasteiger partial charge on any atom is -0.507 e. The van der Waals surface area contributed by atoms with Crippen LogP contribution in [-0.4, -0.2) is 33.1 Å². The fourth-order valence-electron chi connectivity index (χ4n) is 5.32. The zero-order valence-electron chi connectivity index (χ0n) is 23.8. The molecular formula is C33H31N3O4S2. The van der Waals surface area contributed by atoms with Gasteiger partial charge in [0.2, 0.25) is 5.13 Å². The predicted octanol–water partition coefficient (Wildman–Crippen LogP) is 7.21. The van der Waals surface area contributed by atoms with E-state index in [4.69, 9.17) is 4.74 Å². The van der Waals surface area contributed by atoms with E-state index in [9.17, 15) is 14.7 Å². The molecule has 2 atom stereocenters. The van der Waals surface area contributed by atoms with Gasteiger partial charge in [0.15, 0.2) is 4.34 Å². The van der Waals surface area contributed by atoms with Gasteiger partial charge in [0.25, 0.3) is 5.78 Å². The van der Waals surface area contributed by atoms with Crippen molar-refractivity contribution in [3.8, 4) is 5.75 Å². The molecule has 42 heavy (non-hydrogen) atoms. The third kappa shape index (κ3) is 5.34. The normalized spacial score (nSPS) is 19.4. The Morgan fingerprint density at radius 2 is 1.81 bits per heavy atom. The molecule has 2 aliphatic heterocycles. The van der Waals surface area contributed by atoms with Crippen LogP contribution in [0.2, 0.25) is 0 Å². The number of hydrogen-bond donors (Lipinski definition) is 1. The first kappa shape index (κ1) is 28.2. The summed E-state index contributed by atoms with van der Waals surface area (Å²) in [6.45, 7) is 8.25. The van der Waals surface area contributed by atoms with E-state index in [0.29, 0.717) is 38.7 Å². The molecule has 4 aromatic rings. The number of aromatic nitrogens is 2. The Labute approximate surface area is 253 Å². The van der Waals surface area contributed by atoms with Crippen molar-refractivity contribution < 1.29 is 19.4 Å². The molecule has 214 valence electrons. The second kappa shape index (κ2) is 11.4.